The maximum absolute atomic E-state index is 8.15. The molecule has 0 saturated carbocycles. The lowest BCUT2D eigenvalue weighted by Crippen LogP contribution is -2.10. The average molecular weight is 80.7 g/mol. The minimum Gasteiger partial charge on any atom is -0.455 e. The molecule has 0 aliphatic rings. The molecule has 0 saturated heterocycles. The molecule has 0 unspecified atom stereocenters. The van der Waals surface area contributed by atoms with Crippen LogP contribution in [0.3, 0.4) is 0 Å². The summed E-state index contributed by atoms with van der Waals surface area (Å²) in [7, 11) is 6.19. The third kappa shape index (κ3) is 4.09. The van der Waals surface area contributed by atoms with E-state index < -0.39 is 5.21 Å². The van der Waals surface area contributed by atoms with Gasteiger partial charge in [0.15, 0.2) is 0 Å². The highest BCUT2D eigenvalue weighted by molar-refractivity contribution is 6.47. The van der Waals surface area contributed by atoms with E-state index in [9.17, 15) is 0 Å². The van der Waals surface area contributed by atoms with Gasteiger partial charge in [-0.2, -0.15) is 0 Å². The van der Waals surface area contributed by atoms with Crippen molar-refractivity contribution in [1.29, 1.82) is 0 Å². The summed E-state index contributed by atoms with van der Waals surface area (Å²) in [6.07, 6.45) is 0. The Bertz CT molecular complexity index is 38.5. The van der Waals surface area contributed by atoms with Crippen LogP contribution in [-0.4, -0.2) is 20.4 Å². The lowest BCUT2D eigenvalue weighted by Gasteiger charge is -2.09. The minimum absolute atomic E-state index is 0.528. The second-order valence-corrected chi connectivity index (χ2v) is 1.95. The molecular formula is C3H7B2O. The predicted molar refractivity (Wildman–Crippen MR) is 27.8 cm³/mol. The fourth-order valence-electron chi connectivity index (χ4n) is 0. The molecule has 0 atom stereocenters. The van der Waals surface area contributed by atoms with E-state index in [0.29, 0.717) is 0 Å². The third-order valence-electron chi connectivity index (χ3n) is 0.333. The Morgan fingerprint density at radius 3 is 1.83 bits per heavy atom. The zero-order valence-electron chi connectivity index (χ0n) is 4.10. The van der Waals surface area contributed by atoms with Gasteiger partial charge in [0.05, 0.1) is 7.85 Å². The summed E-state index contributed by atoms with van der Waals surface area (Å²) in [6.45, 7) is 3.43. The lowest BCUT2D eigenvalue weighted by atomic mass is 9.53. The Labute approximate surface area is 40.4 Å². The van der Waals surface area contributed by atoms with Crippen LogP contribution in [0.25, 0.3) is 0 Å². The topological polar surface area (TPSA) is 20.2 Å². The standard InChI is InChI=1S/C3H7B2O/c1-3(2,4)5-6/h6H,1-2H3. The summed E-state index contributed by atoms with van der Waals surface area (Å²) in [6, 6.07) is 0. The van der Waals surface area contributed by atoms with Crippen molar-refractivity contribution in [2.75, 3.05) is 0 Å². The van der Waals surface area contributed by atoms with Crippen LogP contribution in [0.2, 0.25) is 5.21 Å². The van der Waals surface area contributed by atoms with Crippen LogP contribution >= 0.6 is 0 Å². The maximum atomic E-state index is 8.15. The third-order valence-corrected chi connectivity index (χ3v) is 0.333. The molecule has 3 radical (unpaired) electrons. The van der Waals surface area contributed by atoms with Crippen molar-refractivity contribution in [2.24, 2.45) is 0 Å². The molecule has 0 aliphatic heterocycles. The van der Waals surface area contributed by atoms with E-state index in [1.165, 1.54) is 0 Å². The Morgan fingerprint density at radius 1 is 1.67 bits per heavy atom. The van der Waals surface area contributed by atoms with Gasteiger partial charge in [0, 0.05) is 0 Å². The zero-order chi connectivity index (χ0) is 5.21. The SMILES string of the molecule is [B]C(C)(C)[B]O. The van der Waals surface area contributed by atoms with E-state index in [-0.39, 0.29) is 0 Å². The van der Waals surface area contributed by atoms with Crippen LogP contribution in [0.15, 0.2) is 0 Å². The number of hydrogen-bond donors (Lipinski definition) is 1. The smallest absolute Gasteiger partial charge is 0.284 e. The first-order valence-electron chi connectivity index (χ1n) is 1.84. The summed E-state index contributed by atoms with van der Waals surface area (Å²) >= 11 is 0. The lowest BCUT2D eigenvalue weighted by molar-refractivity contribution is 0.577. The fraction of sp³-hybridized carbons (Fsp3) is 1.00. The Morgan fingerprint density at radius 2 is 1.83 bits per heavy atom. The zero-order valence-corrected chi connectivity index (χ0v) is 4.10. The van der Waals surface area contributed by atoms with E-state index in [1.54, 1.807) is 13.8 Å². The molecule has 0 aliphatic carbocycles. The summed E-state index contributed by atoms with van der Waals surface area (Å²) in [5.41, 5.74) is 0. The number of rotatable bonds is 1. The molecule has 0 spiro atoms. The highest BCUT2D eigenvalue weighted by atomic mass is 16.2. The van der Waals surface area contributed by atoms with Gasteiger partial charge in [-0.25, -0.2) is 0 Å². The van der Waals surface area contributed by atoms with Gasteiger partial charge in [-0.05, 0) is 0 Å². The van der Waals surface area contributed by atoms with Gasteiger partial charge in [-0.1, -0.05) is 19.1 Å². The predicted octanol–water partition coefficient (Wildman–Crippen LogP) is -0.0776. The molecule has 6 heavy (non-hydrogen) atoms. The minimum atomic E-state index is -0.528. The largest absolute Gasteiger partial charge is 0.455 e. The Hall–Kier alpha value is 0.0899. The summed E-state index contributed by atoms with van der Waals surface area (Å²) in [5.74, 6) is 0. The summed E-state index contributed by atoms with van der Waals surface area (Å²) in [5, 5.41) is 7.63. The number of hydrogen-bond acceptors (Lipinski definition) is 1. The van der Waals surface area contributed by atoms with Crippen molar-refractivity contribution in [1.82, 2.24) is 0 Å². The second-order valence-electron chi connectivity index (χ2n) is 1.95. The molecule has 0 amide bonds. The average Bonchev–Trinajstić information content (AvgIpc) is 1.35. The van der Waals surface area contributed by atoms with Gasteiger partial charge < -0.3 is 5.02 Å². The van der Waals surface area contributed by atoms with Crippen molar-refractivity contribution in [3.8, 4) is 0 Å². The molecule has 0 heterocycles. The molecule has 1 N–H and O–H groups in total. The van der Waals surface area contributed by atoms with Gasteiger partial charge in [0.2, 0.25) is 0 Å². The van der Waals surface area contributed by atoms with Crippen LogP contribution in [0, 0.1) is 0 Å². The van der Waals surface area contributed by atoms with Crippen LogP contribution in [0.1, 0.15) is 13.8 Å². The van der Waals surface area contributed by atoms with Crippen molar-refractivity contribution < 1.29 is 5.02 Å². The molecule has 0 aromatic heterocycles. The van der Waals surface area contributed by atoms with Crippen molar-refractivity contribution in [3.05, 3.63) is 0 Å². The van der Waals surface area contributed by atoms with Crippen molar-refractivity contribution in [2.45, 2.75) is 19.1 Å². The van der Waals surface area contributed by atoms with E-state index in [1.807, 2.05) is 0 Å². The molecule has 1 nitrogen and oxygen atoms in total. The van der Waals surface area contributed by atoms with Crippen LogP contribution < -0.4 is 0 Å². The maximum Gasteiger partial charge on any atom is 0.284 e. The van der Waals surface area contributed by atoms with Gasteiger partial charge in [0.1, 0.15) is 0 Å². The second kappa shape index (κ2) is 1.69. The first-order valence-corrected chi connectivity index (χ1v) is 1.84. The van der Waals surface area contributed by atoms with E-state index in [2.05, 4.69) is 0 Å². The normalized spacial score (nSPS) is 11.2. The molecule has 0 aromatic carbocycles. The van der Waals surface area contributed by atoms with E-state index >= 15 is 0 Å². The van der Waals surface area contributed by atoms with E-state index in [4.69, 9.17) is 12.9 Å². The first kappa shape index (κ1) is 6.09. The molecule has 31 valence electrons. The summed E-state index contributed by atoms with van der Waals surface area (Å²) < 4.78 is 0. The van der Waals surface area contributed by atoms with Gasteiger partial charge in [0.25, 0.3) is 7.48 Å². The van der Waals surface area contributed by atoms with Crippen molar-refractivity contribution in [3.63, 3.8) is 0 Å². The van der Waals surface area contributed by atoms with Gasteiger partial charge in [-0.15, -0.1) is 0 Å². The highest BCUT2D eigenvalue weighted by Crippen LogP contribution is 2.11. The first-order chi connectivity index (χ1) is 2.56. The molecule has 0 rings (SSSR count). The summed E-state index contributed by atoms with van der Waals surface area (Å²) in [4.78, 5) is 0. The van der Waals surface area contributed by atoms with Crippen LogP contribution in [0.5, 0.6) is 0 Å². The van der Waals surface area contributed by atoms with Crippen LogP contribution in [0.4, 0.5) is 0 Å². The molecular weight excluding hydrogens is 73.7 g/mol. The molecule has 0 aromatic rings. The monoisotopic (exact) mass is 81.1 g/mol. The Kier molecular flexibility index (Phi) is 1.72. The van der Waals surface area contributed by atoms with Gasteiger partial charge >= 0.3 is 0 Å². The fourth-order valence-corrected chi connectivity index (χ4v) is 0. The molecule has 0 bridgehead atoms. The van der Waals surface area contributed by atoms with Gasteiger partial charge in [-0.3, -0.25) is 0 Å². The quantitative estimate of drug-likeness (QED) is 0.437. The van der Waals surface area contributed by atoms with Crippen LogP contribution in [-0.2, 0) is 0 Å². The molecule has 3 heteroatoms. The molecule has 0 fully saturated rings. The highest BCUT2D eigenvalue weighted by Gasteiger charge is 2.08. The van der Waals surface area contributed by atoms with E-state index in [0.717, 1.165) is 7.48 Å². The Balaban J connectivity index is 3.17. The van der Waals surface area contributed by atoms with Crippen molar-refractivity contribution >= 4 is 15.3 Å².